The smallest absolute Gasteiger partial charge is 0.381 e. The third kappa shape index (κ3) is 5.08. The number of nitrogens with zero attached hydrogens (tertiary/aromatic N) is 3. The lowest BCUT2D eigenvalue weighted by molar-refractivity contribution is -0.137. The van der Waals surface area contributed by atoms with Crippen LogP contribution in [0.3, 0.4) is 0 Å². The Balaban J connectivity index is 1.26. The molecule has 1 aromatic heterocycles. The summed E-state index contributed by atoms with van der Waals surface area (Å²) in [5.74, 6) is 1.52. The highest BCUT2D eigenvalue weighted by Gasteiger charge is 2.43. The standard InChI is InChI=1S/C26H33F3N4O/c1-16-5-6-17(2)22(8-16)24-11-23(26(27,28)29)25(32-31-24)30-21-9-19-13-33(14-20(19)10-21)12-18-4-3-7-34-15-18/h5-6,8,11,18-21H,3-4,7,9-10,12-15H2,1-2H3,(H,30,32)/t18?,19-,20+,21?. The van der Waals surface area contributed by atoms with E-state index in [1.165, 1.54) is 6.42 Å². The molecule has 5 nitrogen and oxygen atoms in total. The summed E-state index contributed by atoms with van der Waals surface area (Å²) < 4.78 is 47.5. The van der Waals surface area contributed by atoms with Crippen molar-refractivity contribution < 1.29 is 17.9 Å². The first-order chi connectivity index (χ1) is 16.3. The minimum absolute atomic E-state index is 0.00267. The Labute approximate surface area is 199 Å². The molecule has 3 aliphatic rings. The summed E-state index contributed by atoms with van der Waals surface area (Å²) in [5, 5.41) is 11.3. The molecule has 184 valence electrons. The number of benzene rings is 1. The SMILES string of the molecule is Cc1ccc(C)c(-c2cc(C(F)(F)F)c(NC3C[C@@H]4CN(CC5CCCOC5)C[C@@H]4C3)nn2)c1. The summed E-state index contributed by atoms with van der Waals surface area (Å²) in [7, 11) is 0. The second-order valence-electron chi connectivity index (χ2n) is 10.4. The fourth-order valence-corrected chi connectivity index (χ4v) is 6.03. The van der Waals surface area contributed by atoms with E-state index in [9.17, 15) is 13.2 Å². The molecule has 1 aliphatic carbocycles. The molecule has 1 saturated carbocycles. The van der Waals surface area contributed by atoms with E-state index in [0.717, 1.165) is 69.3 Å². The van der Waals surface area contributed by atoms with E-state index in [-0.39, 0.29) is 17.6 Å². The fraction of sp³-hybridized carbons (Fsp3) is 0.615. The van der Waals surface area contributed by atoms with Crippen LogP contribution in [0.4, 0.5) is 19.0 Å². The average Bonchev–Trinajstić information content (AvgIpc) is 3.33. The highest BCUT2D eigenvalue weighted by molar-refractivity contribution is 5.66. The first kappa shape index (κ1) is 23.5. The lowest BCUT2D eigenvalue weighted by Crippen LogP contribution is -2.33. The maximum absolute atomic E-state index is 14.0. The van der Waals surface area contributed by atoms with Gasteiger partial charge in [-0.15, -0.1) is 10.2 Å². The minimum atomic E-state index is -4.50. The first-order valence-electron chi connectivity index (χ1n) is 12.4. The van der Waals surface area contributed by atoms with Crippen molar-refractivity contribution in [3.8, 4) is 11.3 Å². The normalized spacial score (nSPS) is 27.7. The van der Waals surface area contributed by atoms with Gasteiger partial charge in [-0.2, -0.15) is 13.2 Å². The number of nitrogens with one attached hydrogen (secondary N) is 1. The Morgan fingerprint density at radius 2 is 1.85 bits per heavy atom. The van der Waals surface area contributed by atoms with Gasteiger partial charge in [0.05, 0.1) is 12.3 Å². The van der Waals surface area contributed by atoms with Crippen molar-refractivity contribution in [3.05, 3.63) is 41.0 Å². The van der Waals surface area contributed by atoms with Crippen LogP contribution in [0.5, 0.6) is 0 Å². The molecule has 8 heteroatoms. The van der Waals surface area contributed by atoms with Gasteiger partial charge in [-0.3, -0.25) is 0 Å². The van der Waals surface area contributed by atoms with E-state index in [1.807, 2.05) is 32.0 Å². The molecule has 2 saturated heterocycles. The van der Waals surface area contributed by atoms with Crippen LogP contribution in [0.1, 0.15) is 42.4 Å². The highest BCUT2D eigenvalue weighted by atomic mass is 19.4. The second kappa shape index (κ2) is 9.46. The van der Waals surface area contributed by atoms with Crippen molar-refractivity contribution >= 4 is 5.82 Å². The number of rotatable bonds is 5. The second-order valence-corrected chi connectivity index (χ2v) is 10.4. The molecule has 0 spiro atoms. The van der Waals surface area contributed by atoms with Crippen molar-refractivity contribution in [2.75, 3.05) is 38.2 Å². The van der Waals surface area contributed by atoms with Crippen LogP contribution in [0.2, 0.25) is 0 Å². The zero-order valence-electron chi connectivity index (χ0n) is 19.9. The lowest BCUT2D eigenvalue weighted by atomic mass is 10.0. The van der Waals surface area contributed by atoms with Crippen LogP contribution in [-0.4, -0.2) is 54.0 Å². The number of anilines is 1. The Bertz CT molecular complexity index is 1010. The zero-order chi connectivity index (χ0) is 23.9. The maximum atomic E-state index is 14.0. The van der Waals surface area contributed by atoms with E-state index < -0.39 is 11.7 Å². The largest absolute Gasteiger partial charge is 0.420 e. The van der Waals surface area contributed by atoms with Gasteiger partial charge in [0.2, 0.25) is 0 Å². The minimum Gasteiger partial charge on any atom is -0.381 e. The predicted molar refractivity (Wildman–Crippen MR) is 126 cm³/mol. The van der Waals surface area contributed by atoms with Crippen LogP contribution >= 0.6 is 0 Å². The molecule has 2 aliphatic heterocycles. The van der Waals surface area contributed by atoms with Gasteiger partial charge in [0.25, 0.3) is 0 Å². The summed E-state index contributed by atoms with van der Waals surface area (Å²) in [4.78, 5) is 2.53. The number of aromatic nitrogens is 2. The Hall–Kier alpha value is -2.19. The molecule has 0 radical (unpaired) electrons. The van der Waals surface area contributed by atoms with Crippen molar-refractivity contribution in [2.45, 2.75) is 51.7 Å². The van der Waals surface area contributed by atoms with Crippen molar-refractivity contribution in [1.82, 2.24) is 15.1 Å². The molecule has 2 unspecified atom stereocenters. The number of fused-ring (bicyclic) bond motifs is 1. The lowest BCUT2D eigenvalue weighted by Gasteiger charge is -2.28. The fourth-order valence-electron chi connectivity index (χ4n) is 6.03. The van der Waals surface area contributed by atoms with Crippen LogP contribution in [0.15, 0.2) is 24.3 Å². The summed E-state index contributed by atoms with van der Waals surface area (Å²) in [6.07, 6.45) is -0.382. The third-order valence-corrected chi connectivity index (χ3v) is 7.71. The summed E-state index contributed by atoms with van der Waals surface area (Å²) in [6.45, 7) is 8.66. The van der Waals surface area contributed by atoms with Gasteiger partial charge in [-0.1, -0.05) is 17.7 Å². The van der Waals surface area contributed by atoms with Crippen LogP contribution in [0.25, 0.3) is 11.3 Å². The van der Waals surface area contributed by atoms with Gasteiger partial charge >= 0.3 is 6.18 Å². The number of alkyl halides is 3. The predicted octanol–water partition coefficient (Wildman–Crippen LogP) is 5.33. The topological polar surface area (TPSA) is 50.3 Å². The molecule has 5 rings (SSSR count). The third-order valence-electron chi connectivity index (χ3n) is 7.71. The quantitative estimate of drug-likeness (QED) is 0.635. The van der Waals surface area contributed by atoms with E-state index in [4.69, 9.17) is 4.74 Å². The molecule has 3 fully saturated rings. The highest BCUT2D eigenvalue weighted by Crippen LogP contribution is 2.42. The maximum Gasteiger partial charge on any atom is 0.420 e. The number of hydrogen-bond acceptors (Lipinski definition) is 5. The molecular weight excluding hydrogens is 441 g/mol. The van der Waals surface area contributed by atoms with Gasteiger partial charge in [0.1, 0.15) is 5.56 Å². The molecule has 34 heavy (non-hydrogen) atoms. The van der Waals surface area contributed by atoms with Gasteiger partial charge in [0.15, 0.2) is 5.82 Å². The number of halogens is 3. The van der Waals surface area contributed by atoms with Crippen molar-refractivity contribution in [1.29, 1.82) is 0 Å². The van der Waals surface area contributed by atoms with Gasteiger partial charge in [0, 0.05) is 37.8 Å². The monoisotopic (exact) mass is 474 g/mol. The molecule has 1 N–H and O–H groups in total. The summed E-state index contributed by atoms with van der Waals surface area (Å²) >= 11 is 0. The molecule has 3 heterocycles. The molecule has 0 bridgehead atoms. The molecular formula is C26H33F3N4O. The number of likely N-dealkylation sites (tertiary alicyclic amines) is 1. The summed E-state index contributed by atoms with van der Waals surface area (Å²) in [6, 6.07) is 6.83. The molecule has 1 aromatic carbocycles. The van der Waals surface area contributed by atoms with Crippen LogP contribution < -0.4 is 5.32 Å². The summed E-state index contributed by atoms with van der Waals surface area (Å²) in [5.41, 5.74) is 2.05. The molecule has 4 atom stereocenters. The zero-order valence-corrected chi connectivity index (χ0v) is 19.9. The van der Waals surface area contributed by atoms with E-state index in [2.05, 4.69) is 20.4 Å². The van der Waals surface area contributed by atoms with Gasteiger partial charge in [-0.25, -0.2) is 0 Å². The van der Waals surface area contributed by atoms with Gasteiger partial charge < -0.3 is 15.0 Å². The number of hydrogen-bond donors (Lipinski definition) is 1. The Morgan fingerprint density at radius 1 is 1.09 bits per heavy atom. The number of aryl methyl sites for hydroxylation is 2. The first-order valence-corrected chi connectivity index (χ1v) is 12.4. The van der Waals surface area contributed by atoms with Crippen LogP contribution in [-0.2, 0) is 10.9 Å². The van der Waals surface area contributed by atoms with Crippen LogP contribution in [0, 0.1) is 31.6 Å². The Kier molecular flexibility index (Phi) is 6.55. The Morgan fingerprint density at radius 3 is 2.53 bits per heavy atom. The van der Waals surface area contributed by atoms with Crippen molar-refractivity contribution in [3.63, 3.8) is 0 Å². The van der Waals surface area contributed by atoms with Gasteiger partial charge in [-0.05, 0) is 75.0 Å². The van der Waals surface area contributed by atoms with E-state index >= 15 is 0 Å². The van der Waals surface area contributed by atoms with E-state index in [1.54, 1.807) is 0 Å². The molecule has 2 aromatic rings. The van der Waals surface area contributed by atoms with Crippen molar-refractivity contribution in [2.24, 2.45) is 17.8 Å². The molecule has 0 amide bonds. The van der Waals surface area contributed by atoms with E-state index in [0.29, 0.717) is 23.3 Å². The average molecular weight is 475 g/mol. The number of ether oxygens (including phenoxy) is 1.